The number of carboxylic acid groups (broad SMARTS) is 2. The van der Waals surface area contributed by atoms with Gasteiger partial charge in [-0.05, 0) is 42.2 Å². The maximum Gasteiger partial charge on any atom is 0.326 e. The first-order valence-electron chi connectivity index (χ1n) is 21.3. The van der Waals surface area contributed by atoms with Gasteiger partial charge in [-0.25, -0.2) is 4.79 Å². The van der Waals surface area contributed by atoms with Crippen LogP contribution in [0.25, 0.3) is 10.9 Å². The normalized spacial score (nSPS) is 15.5. The van der Waals surface area contributed by atoms with E-state index in [1.807, 2.05) is 0 Å². The van der Waals surface area contributed by atoms with Crippen molar-refractivity contribution >= 4 is 76.8 Å². The van der Waals surface area contributed by atoms with E-state index in [2.05, 4.69) is 54.8 Å². The molecule has 0 spiro atoms. The first-order valence-corrected chi connectivity index (χ1v) is 21.9. The molecule has 14 N–H and O–H groups in total. The summed E-state index contributed by atoms with van der Waals surface area (Å²) < 4.78 is 0. The Morgan fingerprint density at radius 3 is 1.55 bits per heavy atom. The lowest BCUT2D eigenvalue weighted by Crippen LogP contribution is -2.62. The van der Waals surface area contributed by atoms with Gasteiger partial charge in [-0.15, -0.1) is 0 Å². The summed E-state index contributed by atoms with van der Waals surface area (Å²) in [7, 11) is 0. The van der Waals surface area contributed by atoms with Crippen LogP contribution in [0.3, 0.4) is 0 Å². The maximum atomic E-state index is 14.0. The summed E-state index contributed by atoms with van der Waals surface area (Å²) in [4.78, 5) is 121. The minimum absolute atomic E-state index is 0.0372. The Bertz CT molecular complexity index is 1980. The fourth-order valence-corrected chi connectivity index (χ4v) is 6.73. The number of nitrogens with one attached hydrogen (secondary N) is 8. The van der Waals surface area contributed by atoms with Crippen molar-refractivity contribution in [3.63, 3.8) is 0 Å². The van der Waals surface area contributed by atoms with Gasteiger partial charge in [-0.2, -0.15) is 12.6 Å². The third-order valence-corrected chi connectivity index (χ3v) is 10.8. The largest absolute Gasteiger partial charge is 0.481 e. The number of hydrogen-bond donors (Lipinski definition) is 14. The number of aliphatic carboxylic acids is 2. The van der Waals surface area contributed by atoms with Gasteiger partial charge >= 0.3 is 11.9 Å². The van der Waals surface area contributed by atoms with Crippen molar-refractivity contribution in [2.75, 3.05) is 19.0 Å². The number of aromatic nitrogens is 1. The number of amides is 7. The minimum Gasteiger partial charge on any atom is -0.481 e. The first-order chi connectivity index (χ1) is 30.6. The predicted molar refractivity (Wildman–Crippen MR) is 240 cm³/mol. The molecule has 0 saturated heterocycles. The lowest BCUT2D eigenvalue weighted by Gasteiger charge is -2.30. The molecule has 9 atom stereocenters. The Kier molecular flexibility index (Phi) is 22.9. The van der Waals surface area contributed by atoms with Crippen LogP contribution >= 0.6 is 12.6 Å². The van der Waals surface area contributed by atoms with Gasteiger partial charge in [0.15, 0.2) is 0 Å². The lowest BCUT2D eigenvalue weighted by atomic mass is 9.96. The molecule has 65 heavy (non-hydrogen) atoms. The molecule has 23 heteroatoms. The van der Waals surface area contributed by atoms with Gasteiger partial charge in [0.25, 0.3) is 0 Å². The molecule has 0 aliphatic rings. The number of hydrogen-bond acceptors (Lipinski definition) is 13. The van der Waals surface area contributed by atoms with E-state index >= 15 is 0 Å². The Morgan fingerprint density at radius 1 is 0.631 bits per heavy atom. The van der Waals surface area contributed by atoms with Crippen molar-refractivity contribution in [2.45, 2.75) is 122 Å². The van der Waals surface area contributed by atoms with E-state index < -0.39 is 127 Å². The molecule has 0 aliphatic heterocycles. The zero-order valence-corrected chi connectivity index (χ0v) is 38.3. The summed E-state index contributed by atoms with van der Waals surface area (Å²) in [6, 6.07) is -4.49. The van der Waals surface area contributed by atoms with Crippen LogP contribution in [0.1, 0.15) is 72.8 Å². The maximum absolute atomic E-state index is 14.0. The van der Waals surface area contributed by atoms with Crippen molar-refractivity contribution in [2.24, 2.45) is 23.5 Å². The highest BCUT2D eigenvalue weighted by molar-refractivity contribution is 7.80. The van der Waals surface area contributed by atoms with E-state index in [9.17, 15) is 63.6 Å². The first kappa shape index (κ1) is 55.4. The average molecular weight is 936 g/mol. The van der Waals surface area contributed by atoms with Crippen LogP contribution in [0.2, 0.25) is 0 Å². The van der Waals surface area contributed by atoms with Crippen LogP contribution in [-0.4, -0.2) is 146 Å². The van der Waals surface area contributed by atoms with Gasteiger partial charge < -0.3 is 68.4 Å². The summed E-state index contributed by atoms with van der Waals surface area (Å²) >= 11 is 3.96. The van der Waals surface area contributed by atoms with Gasteiger partial charge in [-0.1, -0.05) is 66.2 Å². The molecule has 0 bridgehead atoms. The molecule has 0 aliphatic carbocycles. The van der Waals surface area contributed by atoms with E-state index in [1.54, 1.807) is 72.0 Å². The van der Waals surface area contributed by atoms with Crippen LogP contribution in [0.5, 0.6) is 0 Å². The third kappa shape index (κ3) is 17.6. The highest BCUT2D eigenvalue weighted by Crippen LogP contribution is 2.20. The van der Waals surface area contributed by atoms with E-state index in [-0.39, 0.29) is 36.9 Å². The quantitative estimate of drug-likeness (QED) is 0.0413. The molecule has 22 nitrogen and oxygen atoms in total. The van der Waals surface area contributed by atoms with Crippen LogP contribution in [0, 0.1) is 17.8 Å². The second kappa shape index (κ2) is 26.9. The summed E-state index contributed by atoms with van der Waals surface area (Å²) in [5.74, 6) is -10.4. The second-order valence-corrected chi connectivity index (χ2v) is 17.0. The fourth-order valence-electron chi connectivity index (χ4n) is 6.57. The highest BCUT2D eigenvalue weighted by atomic mass is 32.1. The SMILES string of the molecule is CC[C@H](C)[C@H](NC(=O)[C@H](CC(C)C)NC(=O)[C@H](CC(C)C)NC(=O)[C@H](CO)NC(=O)[C@@H](N)CS)C(=O)N[C@@H](CO)C(=O)N[C@@H](Cc1c[nH]c2ccccc12)C(=O)N[C@@H](CC(=O)O)C(=O)O. The van der Waals surface area contributed by atoms with Crippen molar-refractivity contribution in [3.8, 4) is 0 Å². The number of fused-ring (bicyclic) bond motifs is 1. The zero-order chi connectivity index (χ0) is 49.1. The Hall–Kier alpha value is -5.78. The predicted octanol–water partition coefficient (Wildman–Crippen LogP) is -1.96. The molecule has 0 saturated carbocycles. The average Bonchev–Trinajstić information content (AvgIpc) is 3.66. The van der Waals surface area contributed by atoms with E-state index in [4.69, 9.17) is 5.73 Å². The van der Waals surface area contributed by atoms with Crippen molar-refractivity contribution < 1.29 is 63.6 Å². The molecule has 0 fully saturated rings. The van der Waals surface area contributed by atoms with Gasteiger partial charge in [0.2, 0.25) is 41.4 Å². The van der Waals surface area contributed by atoms with Crippen molar-refractivity contribution in [1.29, 1.82) is 0 Å². The number of carbonyl (C=O) groups is 9. The molecular formula is C42H65N9O13S. The molecule has 1 aromatic carbocycles. The number of nitrogens with two attached hydrogens (primary N) is 1. The van der Waals surface area contributed by atoms with Gasteiger partial charge in [0.1, 0.15) is 42.3 Å². The second-order valence-electron chi connectivity index (χ2n) is 16.7. The monoisotopic (exact) mass is 935 g/mol. The lowest BCUT2D eigenvalue weighted by molar-refractivity contribution is -0.147. The van der Waals surface area contributed by atoms with Crippen LogP contribution in [0.15, 0.2) is 30.5 Å². The number of aliphatic hydroxyl groups excluding tert-OH is 2. The van der Waals surface area contributed by atoms with Gasteiger partial charge in [-0.3, -0.25) is 38.4 Å². The molecule has 0 unspecified atom stereocenters. The number of rotatable bonds is 28. The number of aliphatic hydroxyl groups is 2. The molecule has 7 amide bonds. The number of thiol groups is 1. The highest BCUT2D eigenvalue weighted by Gasteiger charge is 2.36. The van der Waals surface area contributed by atoms with Gasteiger partial charge in [0.05, 0.1) is 25.7 Å². The molecule has 1 heterocycles. The molecular weight excluding hydrogens is 871 g/mol. The number of para-hydroxylation sites is 1. The number of carboxylic acids is 2. The van der Waals surface area contributed by atoms with Crippen molar-refractivity contribution in [3.05, 3.63) is 36.0 Å². The molecule has 2 aromatic rings. The van der Waals surface area contributed by atoms with Crippen LogP contribution in [-0.2, 0) is 49.6 Å². The summed E-state index contributed by atoms with van der Waals surface area (Å²) in [5, 5.41) is 56.7. The molecule has 1 aromatic heterocycles. The molecule has 362 valence electrons. The Labute approximate surface area is 382 Å². The van der Waals surface area contributed by atoms with E-state index in [1.165, 1.54) is 0 Å². The summed E-state index contributed by atoms with van der Waals surface area (Å²) in [5.41, 5.74) is 6.88. The Balaban J connectivity index is 2.35. The van der Waals surface area contributed by atoms with E-state index in [0.717, 1.165) is 0 Å². The number of H-pyrrole nitrogens is 1. The minimum atomic E-state index is -1.86. The van der Waals surface area contributed by atoms with Crippen molar-refractivity contribution in [1.82, 2.24) is 42.2 Å². The zero-order valence-electron chi connectivity index (χ0n) is 37.4. The number of carbonyl (C=O) groups excluding carboxylic acids is 7. The van der Waals surface area contributed by atoms with Crippen LogP contribution < -0.4 is 43.0 Å². The summed E-state index contributed by atoms with van der Waals surface area (Å²) in [6.45, 7) is 8.71. The smallest absolute Gasteiger partial charge is 0.326 e. The summed E-state index contributed by atoms with van der Waals surface area (Å²) in [6.07, 6.45) is 0.858. The van der Waals surface area contributed by atoms with Crippen LogP contribution in [0.4, 0.5) is 0 Å². The Morgan fingerprint density at radius 2 is 1.08 bits per heavy atom. The topological polar surface area (TPSA) is 361 Å². The molecule has 2 rings (SSSR count). The van der Waals surface area contributed by atoms with E-state index in [0.29, 0.717) is 22.9 Å². The number of aromatic amines is 1. The third-order valence-electron chi connectivity index (χ3n) is 10.4. The van der Waals surface area contributed by atoms with Gasteiger partial charge in [0, 0.05) is 29.3 Å². The fraction of sp³-hybridized carbons (Fsp3) is 0.595. The standard InChI is InChI=1S/C42H65N9O13S/c1-7-22(6)34(51-38(59)28(13-21(4)5)45-36(57)27(12-20(2)3)46-39(60)31(17-52)49-35(56)25(43)19-65)41(62)50-32(18-53)40(61)47-29(37(58)48-30(42(63)64)15-33(54)55)14-23-16-44-26-11-9-8-10-24(23)26/h8-11,16,20-22,25,27-32,34,44,52-53,65H,7,12-15,17-19,43H2,1-6H3,(H,45,57)(H,46,60)(H,47,61)(H,48,58)(H,49,56)(H,50,62)(H,51,59)(H,54,55)(H,63,64)/t22-,25-,27-,28-,29-,30-,31-,32-,34-/m0/s1. The number of benzene rings is 1. The molecule has 0 radical (unpaired) electrons.